The maximum Gasteiger partial charge on any atom is 0.308 e. The first-order valence-electron chi connectivity index (χ1n) is 13.9. The fourth-order valence-electron chi connectivity index (χ4n) is 4.65. The fourth-order valence-corrected chi connectivity index (χ4v) is 4.65. The van der Waals surface area contributed by atoms with Gasteiger partial charge in [0.2, 0.25) is 0 Å². The summed E-state index contributed by atoms with van der Waals surface area (Å²) in [6, 6.07) is 11.4. The van der Waals surface area contributed by atoms with Crippen molar-refractivity contribution < 1.29 is 66.5 Å². The standard InChI is InChI=1S/C31H38O14/c1-17(32)39-15-26(44-23-11-9-8-10-22(23)36-5)28(21-12-13-24(41-18(2)33)25(14-21)37-6)45-29-27(42-19(3)34)16-40-31(38-7)30(29)43-20(4)35/h8-14,26-31H,15-16H2,1-7H3/t26?,27-,28?,29+,30-,31-/m1/s1. The van der Waals surface area contributed by atoms with E-state index in [9.17, 15) is 19.2 Å². The largest absolute Gasteiger partial charge is 0.493 e. The van der Waals surface area contributed by atoms with Gasteiger partial charge in [-0.3, -0.25) is 19.2 Å². The summed E-state index contributed by atoms with van der Waals surface area (Å²) >= 11 is 0. The lowest BCUT2D eigenvalue weighted by Crippen LogP contribution is -2.58. The van der Waals surface area contributed by atoms with Gasteiger partial charge in [-0.25, -0.2) is 0 Å². The third kappa shape index (κ3) is 9.80. The molecule has 0 radical (unpaired) electrons. The van der Waals surface area contributed by atoms with Crippen LogP contribution < -0.4 is 18.9 Å². The molecular formula is C31H38O14. The number of ether oxygens (including phenoxy) is 10. The van der Waals surface area contributed by atoms with E-state index in [4.69, 9.17) is 47.4 Å². The van der Waals surface area contributed by atoms with Crippen molar-refractivity contribution in [3.63, 3.8) is 0 Å². The Balaban J connectivity index is 2.20. The first kappa shape index (κ1) is 35.1. The topological polar surface area (TPSA) is 161 Å². The van der Waals surface area contributed by atoms with E-state index in [0.29, 0.717) is 17.1 Å². The molecule has 3 rings (SSSR count). The van der Waals surface area contributed by atoms with Gasteiger partial charge in [-0.05, 0) is 29.8 Å². The summed E-state index contributed by atoms with van der Waals surface area (Å²) in [6.07, 6.45) is -6.78. The Morgan fingerprint density at radius 2 is 1.44 bits per heavy atom. The number of esters is 4. The molecule has 0 amide bonds. The molecule has 0 spiro atoms. The highest BCUT2D eigenvalue weighted by molar-refractivity contribution is 5.70. The van der Waals surface area contributed by atoms with E-state index < -0.39 is 60.7 Å². The third-order valence-corrected chi connectivity index (χ3v) is 6.44. The van der Waals surface area contributed by atoms with Crippen molar-refractivity contribution in [2.24, 2.45) is 0 Å². The fraction of sp³-hybridized carbons (Fsp3) is 0.484. The van der Waals surface area contributed by atoms with Gasteiger partial charge >= 0.3 is 23.9 Å². The first-order valence-corrected chi connectivity index (χ1v) is 13.9. The lowest BCUT2D eigenvalue weighted by molar-refractivity contribution is -0.289. The predicted molar refractivity (Wildman–Crippen MR) is 154 cm³/mol. The van der Waals surface area contributed by atoms with E-state index in [0.717, 1.165) is 0 Å². The van der Waals surface area contributed by atoms with Crippen molar-refractivity contribution >= 4 is 23.9 Å². The van der Waals surface area contributed by atoms with Crippen LogP contribution in [0.3, 0.4) is 0 Å². The minimum Gasteiger partial charge on any atom is -0.493 e. The Morgan fingerprint density at radius 3 is 2.02 bits per heavy atom. The molecule has 0 aromatic heterocycles. The normalized spacial score (nSPS) is 20.6. The lowest BCUT2D eigenvalue weighted by Gasteiger charge is -2.42. The maximum atomic E-state index is 12.2. The molecule has 14 nitrogen and oxygen atoms in total. The van der Waals surface area contributed by atoms with Gasteiger partial charge in [0.05, 0.1) is 20.8 Å². The Hall–Kier alpha value is -4.40. The number of hydrogen-bond donors (Lipinski definition) is 0. The van der Waals surface area contributed by atoms with E-state index >= 15 is 0 Å². The van der Waals surface area contributed by atoms with E-state index in [1.165, 1.54) is 55.1 Å². The van der Waals surface area contributed by atoms with Crippen molar-refractivity contribution in [2.45, 2.75) is 64.5 Å². The molecule has 0 bridgehead atoms. The van der Waals surface area contributed by atoms with Crippen LogP contribution in [0.2, 0.25) is 0 Å². The van der Waals surface area contributed by atoms with Crippen LogP contribution in [0.5, 0.6) is 23.0 Å². The lowest BCUT2D eigenvalue weighted by atomic mass is 10.00. The Bertz CT molecular complexity index is 1330. The number of para-hydroxylation sites is 2. The summed E-state index contributed by atoms with van der Waals surface area (Å²) < 4.78 is 56.8. The minimum absolute atomic E-state index is 0.135. The monoisotopic (exact) mass is 634 g/mol. The van der Waals surface area contributed by atoms with Crippen LogP contribution in [-0.2, 0) is 47.6 Å². The first-order chi connectivity index (χ1) is 21.5. The molecule has 14 heteroatoms. The highest BCUT2D eigenvalue weighted by Gasteiger charge is 2.48. The summed E-state index contributed by atoms with van der Waals surface area (Å²) in [5, 5.41) is 0. The zero-order chi connectivity index (χ0) is 33.1. The zero-order valence-electron chi connectivity index (χ0n) is 26.1. The highest BCUT2D eigenvalue weighted by Crippen LogP contribution is 2.38. The van der Waals surface area contributed by atoms with Crippen LogP contribution in [0, 0.1) is 0 Å². The summed E-state index contributed by atoms with van der Waals surface area (Å²) in [5.74, 6) is -1.48. The molecule has 2 aromatic carbocycles. The molecule has 2 unspecified atom stereocenters. The van der Waals surface area contributed by atoms with Crippen LogP contribution in [0.4, 0.5) is 0 Å². The van der Waals surface area contributed by atoms with Crippen LogP contribution in [-0.4, -0.2) is 89.1 Å². The number of methoxy groups -OCH3 is 3. The molecule has 45 heavy (non-hydrogen) atoms. The molecular weight excluding hydrogens is 596 g/mol. The second-order valence-electron chi connectivity index (χ2n) is 9.79. The summed E-state index contributed by atoms with van der Waals surface area (Å²) in [5.41, 5.74) is 0.401. The smallest absolute Gasteiger partial charge is 0.308 e. The van der Waals surface area contributed by atoms with E-state index in [2.05, 4.69) is 0 Å². The predicted octanol–water partition coefficient (Wildman–Crippen LogP) is 2.93. The average Bonchev–Trinajstić information content (AvgIpc) is 2.99. The van der Waals surface area contributed by atoms with Crippen LogP contribution in [0.25, 0.3) is 0 Å². The van der Waals surface area contributed by atoms with E-state index in [1.807, 2.05) is 0 Å². The Labute approximate surface area is 260 Å². The maximum absolute atomic E-state index is 12.2. The second-order valence-corrected chi connectivity index (χ2v) is 9.79. The molecule has 1 fully saturated rings. The summed E-state index contributed by atoms with van der Waals surface area (Å²) in [7, 11) is 4.21. The van der Waals surface area contributed by atoms with Gasteiger partial charge in [-0.2, -0.15) is 0 Å². The van der Waals surface area contributed by atoms with E-state index in [-0.39, 0.29) is 24.7 Å². The van der Waals surface area contributed by atoms with Gasteiger partial charge in [0.1, 0.15) is 18.8 Å². The Morgan fingerprint density at radius 1 is 0.778 bits per heavy atom. The van der Waals surface area contributed by atoms with Gasteiger partial charge in [0.15, 0.2) is 47.6 Å². The molecule has 0 saturated carbocycles. The quantitative estimate of drug-likeness (QED) is 0.169. The molecule has 2 aromatic rings. The number of hydrogen-bond acceptors (Lipinski definition) is 14. The molecule has 1 saturated heterocycles. The molecule has 0 aliphatic carbocycles. The number of carbonyl (C=O) groups is 4. The van der Waals surface area contributed by atoms with Crippen molar-refractivity contribution in [3.8, 4) is 23.0 Å². The number of benzene rings is 2. The average molecular weight is 635 g/mol. The van der Waals surface area contributed by atoms with Crippen molar-refractivity contribution in [1.82, 2.24) is 0 Å². The molecule has 6 atom stereocenters. The van der Waals surface area contributed by atoms with Crippen LogP contribution in [0.1, 0.15) is 39.4 Å². The molecule has 246 valence electrons. The molecule has 1 aliphatic rings. The van der Waals surface area contributed by atoms with Crippen molar-refractivity contribution in [2.75, 3.05) is 34.5 Å². The van der Waals surface area contributed by atoms with Gasteiger partial charge in [-0.1, -0.05) is 18.2 Å². The third-order valence-electron chi connectivity index (χ3n) is 6.44. The second kappa shape index (κ2) is 16.6. The van der Waals surface area contributed by atoms with Crippen LogP contribution >= 0.6 is 0 Å². The van der Waals surface area contributed by atoms with E-state index in [1.54, 1.807) is 36.4 Å². The van der Waals surface area contributed by atoms with Gasteiger partial charge in [-0.15, -0.1) is 0 Å². The van der Waals surface area contributed by atoms with Crippen molar-refractivity contribution in [3.05, 3.63) is 48.0 Å². The van der Waals surface area contributed by atoms with Gasteiger partial charge < -0.3 is 47.4 Å². The SMILES string of the molecule is COc1cc(C(O[C@@H]2[C@@H](OC(C)=O)[C@H](OC)OC[C@H]2OC(C)=O)C(COC(C)=O)Oc2ccccc2OC)ccc1OC(C)=O. The minimum atomic E-state index is -1.21. The number of carbonyl (C=O) groups excluding carboxylic acids is 4. The van der Waals surface area contributed by atoms with Gasteiger partial charge in [0.25, 0.3) is 0 Å². The summed E-state index contributed by atoms with van der Waals surface area (Å²) in [6.45, 7) is 4.41. The highest BCUT2D eigenvalue weighted by atomic mass is 16.7. The Kier molecular flexibility index (Phi) is 12.9. The van der Waals surface area contributed by atoms with Gasteiger partial charge in [0, 0.05) is 34.8 Å². The summed E-state index contributed by atoms with van der Waals surface area (Å²) in [4.78, 5) is 48.0. The zero-order valence-corrected chi connectivity index (χ0v) is 26.1. The van der Waals surface area contributed by atoms with Crippen molar-refractivity contribution in [1.29, 1.82) is 0 Å². The van der Waals surface area contributed by atoms with Crippen LogP contribution in [0.15, 0.2) is 42.5 Å². The molecule has 0 N–H and O–H groups in total. The molecule has 1 heterocycles. The number of rotatable bonds is 14. The molecule has 1 aliphatic heterocycles.